The lowest BCUT2D eigenvalue weighted by Gasteiger charge is -2.10. The molecule has 0 aliphatic heterocycles. The molecule has 0 aliphatic carbocycles. The SMILES string of the molecule is C[C@H](NC(=O)c1ccccc1F)c1nc(-c2ccc(F)cc2)no1. The zero-order valence-electron chi connectivity index (χ0n) is 12.7. The van der Waals surface area contributed by atoms with Gasteiger partial charge in [-0.25, -0.2) is 8.78 Å². The molecule has 0 aliphatic rings. The van der Waals surface area contributed by atoms with E-state index in [1.807, 2.05) is 0 Å². The van der Waals surface area contributed by atoms with Crippen molar-refractivity contribution in [2.24, 2.45) is 0 Å². The molecule has 1 N–H and O–H groups in total. The van der Waals surface area contributed by atoms with Crippen molar-refractivity contribution in [3.63, 3.8) is 0 Å². The monoisotopic (exact) mass is 329 g/mol. The van der Waals surface area contributed by atoms with E-state index < -0.39 is 17.8 Å². The summed E-state index contributed by atoms with van der Waals surface area (Å²) in [6.45, 7) is 1.64. The summed E-state index contributed by atoms with van der Waals surface area (Å²) in [6, 6.07) is 10.7. The number of nitrogens with one attached hydrogen (secondary N) is 1. The molecule has 7 heteroatoms. The number of benzene rings is 2. The molecule has 0 bridgehead atoms. The maximum atomic E-state index is 13.6. The van der Waals surface area contributed by atoms with E-state index in [9.17, 15) is 13.6 Å². The standard InChI is InChI=1S/C17H13F2N3O2/c1-10(20-16(23)13-4-2-3-5-14(13)19)17-21-15(22-24-17)11-6-8-12(18)9-7-11/h2-10H,1H3,(H,20,23)/t10-/m0/s1. The van der Waals surface area contributed by atoms with Crippen molar-refractivity contribution in [2.45, 2.75) is 13.0 Å². The largest absolute Gasteiger partial charge is 0.340 e. The van der Waals surface area contributed by atoms with E-state index >= 15 is 0 Å². The van der Waals surface area contributed by atoms with Crippen LogP contribution in [0.2, 0.25) is 0 Å². The van der Waals surface area contributed by atoms with E-state index in [0.717, 1.165) is 0 Å². The van der Waals surface area contributed by atoms with Crippen LogP contribution in [0.4, 0.5) is 8.78 Å². The lowest BCUT2D eigenvalue weighted by molar-refractivity contribution is 0.0928. The van der Waals surface area contributed by atoms with E-state index in [4.69, 9.17) is 4.52 Å². The second kappa shape index (κ2) is 6.57. The molecule has 1 amide bonds. The normalized spacial score (nSPS) is 12.0. The van der Waals surface area contributed by atoms with Crippen LogP contribution in [0.25, 0.3) is 11.4 Å². The minimum atomic E-state index is -0.612. The summed E-state index contributed by atoms with van der Waals surface area (Å²) in [4.78, 5) is 16.3. The second-order valence-electron chi connectivity index (χ2n) is 5.14. The first-order chi connectivity index (χ1) is 11.5. The van der Waals surface area contributed by atoms with Gasteiger partial charge in [0.1, 0.15) is 17.7 Å². The van der Waals surface area contributed by atoms with Crippen molar-refractivity contribution < 1.29 is 18.1 Å². The van der Waals surface area contributed by atoms with Gasteiger partial charge in [0.2, 0.25) is 11.7 Å². The highest BCUT2D eigenvalue weighted by Crippen LogP contribution is 2.19. The molecule has 0 saturated carbocycles. The highest BCUT2D eigenvalue weighted by Gasteiger charge is 2.19. The van der Waals surface area contributed by atoms with Gasteiger partial charge in [0.25, 0.3) is 5.91 Å². The first-order valence-electron chi connectivity index (χ1n) is 7.19. The quantitative estimate of drug-likeness (QED) is 0.795. The highest BCUT2D eigenvalue weighted by molar-refractivity contribution is 5.94. The predicted octanol–water partition coefficient (Wildman–Crippen LogP) is 3.51. The van der Waals surface area contributed by atoms with Crippen LogP contribution in [0.5, 0.6) is 0 Å². The minimum Gasteiger partial charge on any atom is -0.340 e. The maximum Gasteiger partial charge on any atom is 0.254 e. The Bertz CT molecular complexity index is 862. The fourth-order valence-electron chi connectivity index (χ4n) is 2.11. The van der Waals surface area contributed by atoms with Crippen LogP contribution in [-0.4, -0.2) is 16.0 Å². The average Bonchev–Trinajstić information content (AvgIpc) is 3.06. The predicted molar refractivity (Wildman–Crippen MR) is 82.0 cm³/mol. The smallest absolute Gasteiger partial charge is 0.254 e. The Kier molecular flexibility index (Phi) is 4.33. The van der Waals surface area contributed by atoms with E-state index in [-0.39, 0.29) is 23.1 Å². The van der Waals surface area contributed by atoms with Crippen molar-refractivity contribution in [3.05, 3.63) is 71.6 Å². The van der Waals surface area contributed by atoms with Gasteiger partial charge in [-0.3, -0.25) is 4.79 Å². The number of hydrogen-bond acceptors (Lipinski definition) is 4. The van der Waals surface area contributed by atoms with Crippen LogP contribution in [0.15, 0.2) is 53.1 Å². The van der Waals surface area contributed by atoms with Gasteiger partial charge in [-0.15, -0.1) is 0 Å². The Morgan fingerprint density at radius 2 is 1.83 bits per heavy atom. The van der Waals surface area contributed by atoms with E-state index in [1.54, 1.807) is 13.0 Å². The van der Waals surface area contributed by atoms with Gasteiger partial charge in [-0.05, 0) is 43.3 Å². The third-order valence-corrected chi connectivity index (χ3v) is 3.38. The Hall–Kier alpha value is -3.09. The summed E-state index contributed by atoms with van der Waals surface area (Å²) in [5.41, 5.74) is 0.515. The lowest BCUT2D eigenvalue weighted by atomic mass is 10.2. The number of nitrogens with zero attached hydrogens (tertiary/aromatic N) is 2. The summed E-state index contributed by atoms with van der Waals surface area (Å²) in [5.74, 6) is -1.12. The third-order valence-electron chi connectivity index (χ3n) is 3.38. The molecule has 0 radical (unpaired) electrons. The van der Waals surface area contributed by atoms with Crippen molar-refractivity contribution in [1.29, 1.82) is 0 Å². The first-order valence-corrected chi connectivity index (χ1v) is 7.19. The van der Waals surface area contributed by atoms with E-state index in [2.05, 4.69) is 15.5 Å². The van der Waals surface area contributed by atoms with Crippen molar-refractivity contribution in [1.82, 2.24) is 15.5 Å². The third kappa shape index (κ3) is 3.29. The van der Waals surface area contributed by atoms with Crippen molar-refractivity contribution in [3.8, 4) is 11.4 Å². The van der Waals surface area contributed by atoms with Crippen LogP contribution in [0.3, 0.4) is 0 Å². The Labute approximate surface area is 136 Å². The zero-order valence-corrected chi connectivity index (χ0v) is 12.7. The van der Waals surface area contributed by atoms with E-state index in [0.29, 0.717) is 5.56 Å². The van der Waals surface area contributed by atoms with Crippen LogP contribution in [0, 0.1) is 11.6 Å². The van der Waals surface area contributed by atoms with Gasteiger partial charge >= 0.3 is 0 Å². The minimum absolute atomic E-state index is 0.0670. The van der Waals surface area contributed by atoms with Gasteiger partial charge < -0.3 is 9.84 Å². The molecule has 0 fully saturated rings. The molecular formula is C17H13F2N3O2. The first kappa shape index (κ1) is 15.8. The highest BCUT2D eigenvalue weighted by atomic mass is 19.1. The molecule has 0 saturated heterocycles. The molecule has 0 unspecified atom stereocenters. The van der Waals surface area contributed by atoms with Crippen LogP contribution >= 0.6 is 0 Å². The molecule has 1 aromatic heterocycles. The Morgan fingerprint density at radius 3 is 2.54 bits per heavy atom. The molecule has 3 aromatic rings. The molecule has 5 nitrogen and oxygen atoms in total. The molecule has 2 aromatic carbocycles. The topological polar surface area (TPSA) is 68.0 Å². The summed E-state index contributed by atoms with van der Waals surface area (Å²) in [6.07, 6.45) is 0. The molecule has 3 rings (SSSR count). The second-order valence-corrected chi connectivity index (χ2v) is 5.14. The number of rotatable bonds is 4. The number of carbonyl (C=O) groups excluding carboxylic acids is 1. The number of aromatic nitrogens is 2. The van der Waals surface area contributed by atoms with Gasteiger partial charge in [0.05, 0.1) is 5.56 Å². The molecule has 24 heavy (non-hydrogen) atoms. The number of halogens is 2. The Morgan fingerprint density at radius 1 is 1.12 bits per heavy atom. The van der Waals surface area contributed by atoms with Crippen molar-refractivity contribution in [2.75, 3.05) is 0 Å². The van der Waals surface area contributed by atoms with Crippen LogP contribution in [-0.2, 0) is 0 Å². The van der Waals surface area contributed by atoms with E-state index in [1.165, 1.54) is 42.5 Å². The number of hydrogen-bond donors (Lipinski definition) is 1. The molecule has 122 valence electrons. The number of amides is 1. The summed E-state index contributed by atoms with van der Waals surface area (Å²) in [7, 11) is 0. The zero-order chi connectivity index (χ0) is 17.1. The molecule has 0 spiro atoms. The lowest BCUT2D eigenvalue weighted by Crippen LogP contribution is -2.27. The summed E-state index contributed by atoms with van der Waals surface area (Å²) < 4.78 is 31.7. The van der Waals surface area contributed by atoms with Gasteiger partial charge in [0, 0.05) is 5.56 Å². The molecule has 1 atom stereocenters. The number of carbonyl (C=O) groups is 1. The summed E-state index contributed by atoms with van der Waals surface area (Å²) >= 11 is 0. The fraction of sp³-hybridized carbons (Fsp3) is 0.118. The Balaban J connectivity index is 1.74. The fourth-order valence-corrected chi connectivity index (χ4v) is 2.11. The molecule has 1 heterocycles. The maximum absolute atomic E-state index is 13.6. The van der Waals surface area contributed by atoms with Crippen LogP contribution in [0.1, 0.15) is 29.2 Å². The molecular weight excluding hydrogens is 316 g/mol. The average molecular weight is 329 g/mol. The van der Waals surface area contributed by atoms with Crippen molar-refractivity contribution >= 4 is 5.91 Å². The van der Waals surface area contributed by atoms with Crippen LogP contribution < -0.4 is 5.32 Å². The van der Waals surface area contributed by atoms with Gasteiger partial charge in [-0.2, -0.15) is 4.98 Å². The van der Waals surface area contributed by atoms with Gasteiger partial charge in [0.15, 0.2) is 0 Å². The van der Waals surface area contributed by atoms with Gasteiger partial charge in [-0.1, -0.05) is 17.3 Å². The summed E-state index contributed by atoms with van der Waals surface area (Å²) in [5, 5.41) is 6.39.